The fourth-order valence-electron chi connectivity index (χ4n) is 1.54. The van der Waals surface area contributed by atoms with Crippen molar-refractivity contribution >= 4 is 43.2 Å². The van der Waals surface area contributed by atoms with Gasteiger partial charge in [0.15, 0.2) is 0 Å². The molecule has 0 unspecified atom stereocenters. The summed E-state index contributed by atoms with van der Waals surface area (Å²) in [6.07, 6.45) is 0.342. The van der Waals surface area contributed by atoms with Gasteiger partial charge in [-0.15, -0.1) is 0 Å². The highest BCUT2D eigenvalue weighted by molar-refractivity contribution is 9.10. The van der Waals surface area contributed by atoms with E-state index in [4.69, 9.17) is 22.7 Å². The number of sulfonamides is 1. The van der Waals surface area contributed by atoms with E-state index in [9.17, 15) is 8.42 Å². The van der Waals surface area contributed by atoms with Crippen molar-refractivity contribution in [2.45, 2.75) is 11.3 Å². The number of halogens is 1. The van der Waals surface area contributed by atoms with Crippen LogP contribution in [-0.4, -0.2) is 44.5 Å². The normalized spacial score (nSPS) is 11.8. The van der Waals surface area contributed by atoms with Crippen LogP contribution >= 0.6 is 28.1 Å². The average Bonchev–Trinajstić information content (AvgIpc) is 2.38. The molecule has 0 fully saturated rings. The quantitative estimate of drug-likeness (QED) is 0.695. The second kappa shape index (κ2) is 8.04. The number of hydrogen-bond acceptors (Lipinski definition) is 4. The molecule has 8 heteroatoms. The fraction of sp³-hybridized carbons (Fsp3) is 0.417. The number of methoxy groups -OCH3 is 1. The molecule has 20 heavy (non-hydrogen) atoms. The minimum atomic E-state index is -3.57. The van der Waals surface area contributed by atoms with Crippen LogP contribution in [0, 0.1) is 0 Å². The first kappa shape index (κ1) is 17.5. The predicted octanol–water partition coefficient (Wildman–Crippen LogP) is 1.76. The van der Waals surface area contributed by atoms with Crippen LogP contribution in [0.25, 0.3) is 0 Å². The van der Waals surface area contributed by atoms with Crippen LogP contribution in [-0.2, 0) is 14.8 Å². The first-order chi connectivity index (χ1) is 9.37. The highest BCUT2D eigenvalue weighted by Crippen LogP contribution is 2.19. The van der Waals surface area contributed by atoms with Crippen molar-refractivity contribution in [1.29, 1.82) is 0 Å². The van der Waals surface area contributed by atoms with E-state index in [0.29, 0.717) is 18.0 Å². The molecule has 1 aromatic rings. The molecule has 0 atom stereocenters. The first-order valence-corrected chi connectivity index (χ1v) is 8.55. The van der Waals surface area contributed by atoms with Crippen molar-refractivity contribution in [3.05, 3.63) is 28.7 Å². The van der Waals surface area contributed by atoms with Gasteiger partial charge in [0.1, 0.15) is 0 Å². The van der Waals surface area contributed by atoms with Gasteiger partial charge in [0.2, 0.25) is 10.0 Å². The number of rotatable bonds is 8. The van der Waals surface area contributed by atoms with E-state index in [1.807, 2.05) is 0 Å². The van der Waals surface area contributed by atoms with Crippen LogP contribution in [0.3, 0.4) is 0 Å². The molecular weight excluding hydrogens is 364 g/mol. The summed E-state index contributed by atoms with van der Waals surface area (Å²) in [7, 11) is -2.04. The Morgan fingerprint density at radius 3 is 2.45 bits per heavy atom. The first-order valence-electron chi connectivity index (χ1n) is 5.91. The van der Waals surface area contributed by atoms with Gasteiger partial charge in [-0.3, -0.25) is 0 Å². The van der Waals surface area contributed by atoms with Gasteiger partial charge in [-0.1, -0.05) is 28.1 Å². The lowest BCUT2D eigenvalue weighted by Crippen LogP contribution is -2.36. The Morgan fingerprint density at radius 2 is 1.95 bits per heavy atom. The Labute approximate surface area is 133 Å². The largest absolute Gasteiger partial charge is 0.393 e. The molecule has 5 nitrogen and oxygen atoms in total. The number of ether oxygens (including phenoxy) is 1. The van der Waals surface area contributed by atoms with E-state index >= 15 is 0 Å². The predicted molar refractivity (Wildman–Crippen MR) is 86.2 cm³/mol. The number of hydrogen-bond donors (Lipinski definition) is 1. The maximum absolute atomic E-state index is 12.5. The standard InChI is InChI=1S/C12H17BrN2O3S2/c1-18-9-8-15(7-6-12(14)19)20(16,17)11-4-2-10(13)3-5-11/h2-5H,6-9H2,1H3,(H2,14,19). The van der Waals surface area contributed by atoms with Gasteiger partial charge < -0.3 is 10.5 Å². The molecule has 0 saturated heterocycles. The topological polar surface area (TPSA) is 72.6 Å². The molecular formula is C12H17BrN2O3S2. The van der Waals surface area contributed by atoms with Crippen LogP contribution in [0.5, 0.6) is 0 Å². The monoisotopic (exact) mass is 380 g/mol. The van der Waals surface area contributed by atoms with E-state index in [2.05, 4.69) is 15.9 Å². The number of thiocarbonyl (C=S) groups is 1. The molecule has 0 heterocycles. The third kappa shape index (κ3) is 5.10. The Kier molecular flexibility index (Phi) is 7.04. The van der Waals surface area contributed by atoms with Crippen LogP contribution in [0.15, 0.2) is 33.6 Å². The maximum Gasteiger partial charge on any atom is 0.243 e. The zero-order chi connectivity index (χ0) is 15.2. The van der Waals surface area contributed by atoms with Crippen molar-refractivity contribution in [2.24, 2.45) is 5.73 Å². The Hall–Kier alpha value is -0.540. The zero-order valence-corrected chi connectivity index (χ0v) is 14.3. The third-order valence-corrected chi connectivity index (χ3v) is 5.25. The smallest absolute Gasteiger partial charge is 0.243 e. The zero-order valence-electron chi connectivity index (χ0n) is 11.1. The second-order valence-corrected chi connectivity index (χ2v) is 7.45. The van der Waals surface area contributed by atoms with E-state index in [1.54, 1.807) is 24.3 Å². The number of nitrogens with zero attached hydrogens (tertiary/aromatic N) is 1. The van der Waals surface area contributed by atoms with Crippen molar-refractivity contribution in [3.63, 3.8) is 0 Å². The second-order valence-electron chi connectivity index (χ2n) is 4.07. The molecule has 1 rings (SSSR count). The lowest BCUT2D eigenvalue weighted by molar-refractivity contribution is 0.179. The molecule has 0 spiro atoms. The van der Waals surface area contributed by atoms with E-state index < -0.39 is 10.0 Å². The summed E-state index contributed by atoms with van der Waals surface area (Å²) >= 11 is 8.08. The van der Waals surface area contributed by atoms with Gasteiger partial charge in [-0.25, -0.2) is 8.42 Å². The van der Waals surface area contributed by atoms with Gasteiger partial charge in [-0.05, 0) is 24.3 Å². The summed E-state index contributed by atoms with van der Waals surface area (Å²) in [5.74, 6) is 0. The molecule has 0 radical (unpaired) electrons. The number of nitrogens with two attached hydrogens (primary N) is 1. The Bertz CT molecular complexity index is 546. The Morgan fingerprint density at radius 1 is 1.35 bits per heavy atom. The molecule has 0 bridgehead atoms. The molecule has 0 aromatic heterocycles. The summed E-state index contributed by atoms with van der Waals surface area (Å²) in [5.41, 5.74) is 5.44. The lowest BCUT2D eigenvalue weighted by atomic mass is 10.4. The third-order valence-electron chi connectivity index (χ3n) is 2.60. The van der Waals surface area contributed by atoms with Crippen LogP contribution in [0.1, 0.15) is 6.42 Å². The molecule has 2 N–H and O–H groups in total. The van der Waals surface area contributed by atoms with Crippen molar-refractivity contribution < 1.29 is 13.2 Å². The SMILES string of the molecule is COCCN(CCC(N)=S)S(=O)(=O)c1ccc(Br)cc1. The van der Waals surface area contributed by atoms with Crippen molar-refractivity contribution in [3.8, 4) is 0 Å². The molecule has 1 aromatic carbocycles. The highest BCUT2D eigenvalue weighted by Gasteiger charge is 2.23. The van der Waals surface area contributed by atoms with E-state index in [1.165, 1.54) is 11.4 Å². The summed E-state index contributed by atoms with van der Waals surface area (Å²) in [4.78, 5) is 0.526. The van der Waals surface area contributed by atoms with Gasteiger partial charge >= 0.3 is 0 Å². The average molecular weight is 381 g/mol. The lowest BCUT2D eigenvalue weighted by Gasteiger charge is -2.21. The summed E-state index contributed by atoms with van der Waals surface area (Å²) in [6.45, 7) is 0.821. The van der Waals surface area contributed by atoms with Gasteiger partial charge in [0.05, 0.1) is 16.5 Å². The van der Waals surface area contributed by atoms with Crippen molar-refractivity contribution in [1.82, 2.24) is 4.31 Å². The molecule has 112 valence electrons. The number of benzene rings is 1. The fourth-order valence-corrected chi connectivity index (χ4v) is 3.32. The molecule has 0 amide bonds. The molecule has 0 aliphatic heterocycles. The summed E-state index contributed by atoms with van der Waals surface area (Å²) in [6, 6.07) is 6.49. The summed E-state index contributed by atoms with van der Waals surface area (Å²) < 4.78 is 32.2. The van der Waals surface area contributed by atoms with Gasteiger partial charge in [0, 0.05) is 31.1 Å². The van der Waals surface area contributed by atoms with E-state index in [0.717, 1.165) is 4.47 Å². The van der Waals surface area contributed by atoms with Crippen molar-refractivity contribution in [2.75, 3.05) is 26.8 Å². The Balaban J connectivity index is 2.96. The minimum absolute atomic E-state index is 0.236. The van der Waals surface area contributed by atoms with Crippen LogP contribution in [0.2, 0.25) is 0 Å². The minimum Gasteiger partial charge on any atom is -0.393 e. The molecule has 0 saturated carbocycles. The van der Waals surface area contributed by atoms with Gasteiger partial charge in [-0.2, -0.15) is 4.31 Å². The molecule has 0 aliphatic rings. The van der Waals surface area contributed by atoms with Crippen LogP contribution < -0.4 is 5.73 Å². The summed E-state index contributed by atoms with van der Waals surface area (Å²) in [5, 5.41) is 0. The van der Waals surface area contributed by atoms with Crippen LogP contribution in [0.4, 0.5) is 0 Å². The maximum atomic E-state index is 12.5. The highest BCUT2D eigenvalue weighted by atomic mass is 79.9. The van der Waals surface area contributed by atoms with Gasteiger partial charge in [0.25, 0.3) is 0 Å². The van der Waals surface area contributed by atoms with E-state index in [-0.39, 0.29) is 18.0 Å². The molecule has 0 aliphatic carbocycles.